The molecule has 178 valence electrons. The predicted molar refractivity (Wildman–Crippen MR) is 127 cm³/mol. The van der Waals surface area contributed by atoms with Gasteiger partial charge < -0.3 is 15.5 Å². The first kappa shape index (κ1) is 23.4. The van der Waals surface area contributed by atoms with Crippen LogP contribution >= 0.6 is 0 Å². The summed E-state index contributed by atoms with van der Waals surface area (Å²) in [7, 11) is -2.30. The van der Waals surface area contributed by atoms with Gasteiger partial charge >= 0.3 is 0 Å². The van der Waals surface area contributed by atoms with Crippen LogP contribution in [-0.4, -0.2) is 44.5 Å². The number of hydrogen-bond acceptors (Lipinski definition) is 9. The normalized spacial score (nSPS) is 11.8. The summed E-state index contributed by atoms with van der Waals surface area (Å²) in [5, 5.41) is 7.54. The highest BCUT2D eigenvalue weighted by molar-refractivity contribution is 7.89. The zero-order chi connectivity index (χ0) is 24.5. The quantitative estimate of drug-likeness (QED) is 0.387. The number of anilines is 3. The van der Waals surface area contributed by atoms with Crippen LogP contribution in [0.2, 0.25) is 0 Å². The van der Waals surface area contributed by atoms with Crippen LogP contribution in [0.25, 0.3) is 0 Å². The second kappa shape index (κ2) is 9.23. The van der Waals surface area contributed by atoms with Crippen molar-refractivity contribution in [1.29, 1.82) is 0 Å². The number of nitrogens with zero attached hydrogens (tertiary/aromatic N) is 6. The third-order valence-electron chi connectivity index (χ3n) is 5.24. The monoisotopic (exact) mass is 482 g/mol. The van der Waals surface area contributed by atoms with Crippen LogP contribution in [0, 0.1) is 20.8 Å². The fraction of sp³-hybridized carbons (Fsp3) is 0.273. The Labute approximate surface area is 197 Å². The molecular formula is C22H26N8O3S. The molecule has 4 rings (SSSR count). The van der Waals surface area contributed by atoms with Crippen LogP contribution in [0.5, 0.6) is 0 Å². The molecule has 12 heteroatoms. The SMILES string of the molecule is Cc1ccc(Nc2nc(N)nc(Cn3nc(C)c(S(=O)(=O)N(C)Cc4ccco4)c3C)n2)cc1. The summed E-state index contributed by atoms with van der Waals surface area (Å²) in [6.45, 7) is 5.59. The van der Waals surface area contributed by atoms with E-state index >= 15 is 0 Å². The fourth-order valence-electron chi connectivity index (χ4n) is 3.54. The maximum Gasteiger partial charge on any atom is 0.246 e. The van der Waals surface area contributed by atoms with E-state index in [2.05, 4.69) is 25.4 Å². The first-order chi connectivity index (χ1) is 16.1. The average molecular weight is 483 g/mol. The number of sulfonamides is 1. The highest BCUT2D eigenvalue weighted by Gasteiger charge is 2.29. The average Bonchev–Trinajstić information content (AvgIpc) is 3.37. The smallest absolute Gasteiger partial charge is 0.246 e. The standard InChI is InChI=1S/C22H26N8O3S/c1-14-7-9-17(10-8-14)24-22-26-19(25-21(23)27-22)13-30-16(3)20(15(2)28-30)34(31,32)29(4)12-18-6-5-11-33-18/h5-11H,12-13H2,1-4H3,(H3,23,24,25,26,27). The van der Waals surface area contributed by atoms with Crippen LogP contribution in [0.4, 0.5) is 17.6 Å². The van der Waals surface area contributed by atoms with E-state index in [1.807, 2.05) is 31.2 Å². The Morgan fingerprint density at radius 2 is 1.82 bits per heavy atom. The van der Waals surface area contributed by atoms with E-state index in [9.17, 15) is 8.42 Å². The van der Waals surface area contributed by atoms with Gasteiger partial charge in [-0.15, -0.1) is 0 Å². The minimum atomic E-state index is -3.81. The number of nitrogen functional groups attached to an aromatic ring is 1. The third-order valence-corrected chi connectivity index (χ3v) is 7.30. The summed E-state index contributed by atoms with van der Waals surface area (Å²) in [6, 6.07) is 11.2. The largest absolute Gasteiger partial charge is 0.468 e. The van der Waals surface area contributed by atoms with Gasteiger partial charge in [0.25, 0.3) is 0 Å². The molecule has 0 spiro atoms. The Hall–Kier alpha value is -3.77. The lowest BCUT2D eigenvalue weighted by Gasteiger charge is -2.16. The number of rotatable bonds is 8. The molecule has 11 nitrogen and oxygen atoms in total. The summed E-state index contributed by atoms with van der Waals surface area (Å²) < 4.78 is 34.6. The van der Waals surface area contributed by atoms with E-state index in [1.54, 1.807) is 30.7 Å². The highest BCUT2D eigenvalue weighted by atomic mass is 32.2. The minimum absolute atomic E-state index is 0.0483. The molecule has 0 bridgehead atoms. The number of nitrogens with two attached hydrogens (primary N) is 1. The molecule has 0 saturated heterocycles. The molecule has 0 saturated carbocycles. The van der Waals surface area contributed by atoms with Gasteiger partial charge in [0, 0.05) is 12.7 Å². The first-order valence-electron chi connectivity index (χ1n) is 10.5. The summed E-state index contributed by atoms with van der Waals surface area (Å²) in [5.74, 6) is 1.23. The van der Waals surface area contributed by atoms with E-state index in [4.69, 9.17) is 10.2 Å². The molecule has 0 fully saturated rings. The van der Waals surface area contributed by atoms with Crippen molar-refractivity contribution in [2.45, 2.75) is 38.8 Å². The Morgan fingerprint density at radius 1 is 1.09 bits per heavy atom. The molecule has 34 heavy (non-hydrogen) atoms. The van der Waals surface area contributed by atoms with E-state index in [-0.39, 0.29) is 23.9 Å². The van der Waals surface area contributed by atoms with Gasteiger partial charge in [-0.3, -0.25) is 4.68 Å². The van der Waals surface area contributed by atoms with Crippen molar-refractivity contribution < 1.29 is 12.8 Å². The maximum atomic E-state index is 13.3. The van der Waals surface area contributed by atoms with Gasteiger partial charge in [-0.2, -0.15) is 24.4 Å². The molecule has 0 unspecified atom stereocenters. The number of benzene rings is 1. The maximum absolute atomic E-state index is 13.3. The van der Waals surface area contributed by atoms with Gasteiger partial charge in [0.05, 0.1) is 24.2 Å². The lowest BCUT2D eigenvalue weighted by atomic mass is 10.2. The van der Waals surface area contributed by atoms with Gasteiger partial charge in [0.1, 0.15) is 17.2 Å². The Bertz CT molecular complexity index is 1400. The van der Waals surface area contributed by atoms with E-state index in [0.29, 0.717) is 28.9 Å². The van der Waals surface area contributed by atoms with Crippen molar-refractivity contribution in [3.8, 4) is 0 Å². The van der Waals surface area contributed by atoms with Crippen molar-refractivity contribution >= 4 is 27.6 Å². The molecule has 0 aliphatic carbocycles. The zero-order valence-corrected chi connectivity index (χ0v) is 20.2. The fourth-order valence-corrected chi connectivity index (χ4v) is 5.04. The van der Waals surface area contributed by atoms with Crippen molar-refractivity contribution in [2.24, 2.45) is 0 Å². The molecule has 0 atom stereocenters. The molecule has 0 aliphatic rings. The summed E-state index contributed by atoms with van der Waals surface area (Å²) in [4.78, 5) is 12.9. The first-order valence-corrected chi connectivity index (χ1v) is 11.9. The molecule has 1 aromatic carbocycles. The summed E-state index contributed by atoms with van der Waals surface area (Å²) >= 11 is 0. The van der Waals surface area contributed by atoms with Gasteiger partial charge in [-0.1, -0.05) is 17.7 Å². The van der Waals surface area contributed by atoms with Crippen molar-refractivity contribution in [1.82, 2.24) is 29.0 Å². The third kappa shape index (κ3) is 4.92. The second-order valence-corrected chi connectivity index (χ2v) is 9.90. The van der Waals surface area contributed by atoms with Crippen molar-refractivity contribution in [3.63, 3.8) is 0 Å². The van der Waals surface area contributed by atoms with Gasteiger partial charge in [-0.25, -0.2) is 8.42 Å². The zero-order valence-electron chi connectivity index (χ0n) is 19.3. The molecular weight excluding hydrogens is 456 g/mol. The number of furan rings is 1. The van der Waals surface area contributed by atoms with Crippen LogP contribution in [0.15, 0.2) is 52.0 Å². The number of aryl methyl sites for hydroxylation is 2. The summed E-state index contributed by atoms with van der Waals surface area (Å²) in [6.07, 6.45) is 1.51. The Balaban J connectivity index is 1.59. The van der Waals surface area contributed by atoms with Gasteiger partial charge in [0.15, 0.2) is 5.82 Å². The van der Waals surface area contributed by atoms with Crippen molar-refractivity contribution in [2.75, 3.05) is 18.1 Å². The van der Waals surface area contributed by atoms with Crippen molar-refractivity contribution in [3.05, 3.63) is 71.2 Å². The van der Waals surface area contributed by atoms with Crippen LogP contribution in [0.1, 0.15) is 28.5 Å². The van der Waals surface area contributed by atoms with Crippen LogP contribution < -0.4 is 11.1 Å². The lowest BCUT2D eigenvalue weighted by Crippen LogP contribution is -2.27. The minimum Gasteiger partial charge on any atom is -0.468 e. The molecule has 4 aromatic rings. The summed E-state index contributed by atoms with van der Waals surface area (Å²) in [5.41, 5.74) is 8.68. The molecule has 3 N–H and O–H groups in total. The molecule has 0 amide bonds. The highest BCUT2D eigenvalue weighted by Crippen LogP contribution is 2.24. The van der Waals surface area contributed by atoms with Crippen LogP contribution in [0.3, 0.4) is 0 Å². The van der Waals surface area contributed by atoms with Crippen LogP contribution in [-0.2, 0) is 23.1 Å². The molecule has 3 aromatic heterocycles. The van der Waals surface area contributed by atoms with Gasteiger partial charge in [-0.05, 0) is 45.0 Å². The second-order valence-electron chi connectivity index (χ2n) is 7.92. The Morgan fingerprint density at radius 3 is 2.50 bits per heavy atom. The predicted octanol–water partition coefficient (Wildman–Crippen LogP) is 2.78. The molecule has 0 aliphatic heterocycles. The lowest BCUT2D eigenvalue weighted by molar-refractivity contribution is 0.406. The van der Waals surface area contributed by atoms with E-state index in [0.717, 1.165) is 11.3 Å². The topological polar surface area (TPSA) is 145 Å². The number of nitrogens with one attached hydrogen (secondary N) is 1. The van der Waals surface area contributed by atoms with E-state index < -0.39 is 10.0 Å². The van der Waals surface area contributed by atoms with E-state index in [1.165, 1.54) is 17.6 Å². The van der Waals surface area contributed by atoms with Gasteiger partial charge in [0.2, 0.25) is 21.9 Å². The molecule has 3 heterocycles. The molecule has 0 radical (unpaired) electrons. The number of aromatic nitrogens is 5. The number of hydrogen-bond donors (Lipinski definition) is 2. The Kier molecular flexibility index (Phi) is 6.35.